The SMILES string of the molecule is CC(C)(C)c1cc2cn(-c3ccc(CNCCCN=C(N)N)cc3)c(=O)nc2[nH]1.CC(C)(C)c1cccc(C(NC2CN(C(=N)N)C2)C(F)(F)F)c1. The quantitative estimate of drug-likeness (QED) is 0.0706. The summed E-state index contributed by atoms with van der Waals surface area (Å²) in [5.41, 5.74) is 20.0. The van der Waals surface area contributed by atoms with Crippen molar-refractivity contribution in [2.45, 2.75) is 83.6 Å². The summed E-state index contributed by atoms with van der Waals surface area (Å²) in [5.74, 6) is 0.0131. The first-order valence-corrected chi connectivity index (χ1v) is 17.2. The molecule has 1 saturated heterocycles. The summed E-state index contributed by atoms with van der Waals surface area (Å²) in [6, 6.07) is 14.5. The first-order valence-electron chi connectivity index (χ1n) is 17.2. The Balaban J connectivity index is 0.000000239. The fourth-order valence-corrected chi connectivity index (χ4v) is 5.58. The van der Waals surface area contributed by atoms with Gasteiger partial charge in [0, 0.05) is 54.9 Å². The number of halogens is 3. The third kappa shape index (κ3) is 10.8. The molecular weight excluding hydrogens is 671 g/mol. The fourth-order valence-electron chi connectivity index (χ4n) is 5.58. The lowest BCUT2D eigenvalue weighted by Crippen LogP contribution is -2.62. The lowest BCUT2D eigenvalue weighted by Gasteiger charge is -2.42. The number of benzene rings is 2. The van der Waals surface area contributed by atoms with Crippen LogP contribution in [0.4, 0.5) is 13.2 Å². The zero-order chi connectivity index (χ0) is 38.4. The van der Waals surface area contributed by atoms with E-state index in [4.69, 9.17) is 22.6 Å². The molecular formula is C37H52F3N11O. The van der Waals surface area contributed by atoms with Crippen LogP contribution >= 0.6 is 0 Å². The summed E-state index contributed by atoms with van der Waals surface area (Å²) >= 11 is 0. The van der Waals surface area contributed by atoms with Crippen molar-refractivity contribution in [3.63, 3.8) is 0 Å². The van der Waals surface area contributed by atoms with Gasteiger partial charge in [0.2, 0.25) is 0 Å². The van der Waals surface area contributed by atoms with Crippen LogP contribution in [-0.4, -0.2) is 69.8 Å². The Morgan fingerprint density at radius 1 is 1.02 bits per heavy atom. The van der Waals surface area contributed by atoms with Crippen molar-refractivity contribution in [1.29, 1.82) is 5.41 Å². The standard InChI is InChI=1S/C21H29N7O.C16H23F3N4/c1-21(2,3)17-11-15-13-28(20(29)27-18(15)26-17)16-7-5-14(6-8-16)12-24-9-4-10-25-19(22)23;1-15(2,3)11-6-4-5-10(7-11)13(16(17,18)19)22-12-8-23(9-12)14(20)21/h5-8,11,13,24H,4,9-10,12H2,1-3H3,(H4,22,23,25)(H,26,27,29);4-7,12-13,22H,8-9H2,1-3H3,(H3,20,21). The van der Waals surface area contributed by atoms with Crippen LogP contribution < -0.4 is 33.5 Å². The molecule has 4 aromatic rings. The normalized spacial score (nSPS) is 14.4. The number of aliphatic imine (C=N–C) groups is 1. The van der Waals surface area contributed by atoms with E-state index in [-0.39, 0.29) is 40.0 Å². The molecule has 282 valence electrons. The van der Waals surface area contributed by atoms with Gasteiger partial charge in [-0.05, 0) is 53.3 Å². The second-order valence-electron chi connectivity index (χ2n) is 15.1. The van der Waals surface area contributed by atoms with Crippen LogP contribution in [-0.2, 0) is 17.4 Å². The van der Waals surface area contributed by atoms with E-state index in [9.17, 15) is 18.0 Å². The van der Waals surface area contributed by atoms with E-state index in [1.165, 1.54) is 11.0 Å². The van der Waals surface area contributed by atoms with Crippen LogP contribution in [0.1, 0.15) is 76.4 Å². The van der Waals surface area contributed by atoms with Gasteiger partial charge in [0.1, 0.15) is 11.7 Å². The van der Waals surface area contributed by atoms with Crippen LogP contribution in [0.15, 0.2) is 70.6 Å². The number of H-pyrrole nitrogens is 1. The molecule has 0 bridgehead atoms. The van der Waals surface area contributed by atoms with Crippen LogP contribution in [0.2, 0.25) is 0 Å². The van der Waals surface area contributed by atoms with E-state index < -0.39 is 12.2 Å². The number of rotatable bonds is 10. The van der Waals surface area contributed by atoms with E-state index in [0.29, 0.717) is 25.3 Å². The van der Waals surface area contributed by atoms with Gasteiger partial charge < -0.3 is 32.4 Å². The van der Waals surface area contributed by atoms with Gasteiger partial charge in [-0.25, -0.2) is 4.79 Å². The van der Waals surface area contributed by atoms with Crippen LogP contribution in [0, 0.1) is 5.41 Å². The van der Waals surface area contributed by atoms with Crippen molar-refractivity contribution in [2.24, 2.45) is 22.2 Å². The summed E-state index contributed by atoms with van der Waals surface area (Å²) in [6.07, 6.45) is -1.68. The summed E-state index contributed by atoms with van der Waals surface area (Å²) in [7, 11) is 0. The van der Waals surface area contributed by atoms with E-state index >= 15 is 0 Å². The predicted molar refractivity (Wildman–Crippen MR) is 202 cm³/mol. The Bertz CT molecular complexity index is 1890. The van der Waals surface area contributed by atoms with Gasteiger partial charge in [-0.2, -0.15) is 18.2 Å². The topological polar surface area (TPSA) is 192 Å². The lowest BCUT2D eigenvalue weighted by atomic mass is 9.85. The fraction of sp³-hybridized carbons (Fsp3) is 0.459. The zero-order valence-electron chi connectivity index (χ0n) is 30.7. The van der Waals surface area contributed by atoms with Gasteiger partial charge in [-0.15, -0.1) is 0 Å². The highest BCUT2D eigenvalue weighted by molar-refractivity contribution is 5.76. The molecule has 0 aliphatic carbocycles. The molecule has 0 saturated carbocycles. The summed E-state index contributed by atoms with van der Waals surface area (Å²) in [4.78, 5) is 25.4. The van der Waals surface area contributed by atoms with Gasteiger partial charge in [0.15, 0.2) is 11.9 Å². The second-order valence-corrected chi connectivity index (χ2v) is 15.1. The molecule has 2 aromatic carbocycles. The largest absolute Gasteiger partial charge is 0.407 e. The number of alkyl halides is 3. The smallest absolute Gasteiger partial charge is 0.370 e. The van der Waals surface area contributed by atoms with Crippen molar-refractivity contribution in [3.8, 4) is 5.69 Å². The molecule has 2 aromatic heterocycles. The van der Waals surface area contributed by atoms with Gasteiger partial charge in [-0.3, -0.25) is 20.3 Å². The molecule has 1 atom stereocenters. The lowest BCUT2D eigenvalue weighted by molar-refractivity contribution is -0.161. The van der Waals surface area contributed by atoms with E-state index in [2.05, 4.69) is 52.4 Å². The van der Waals surface area contributed by atoms with Crippen LogP contribution in [0.5, 0.6) is 0 Å². The highest BCUT2D eigenvalue weighted by Crippen LogP contribution is 2.35. The zero-order valence-corrected chi connectivity index (χ0v) is 30.7. The van der Waals surface area contributed by atoms with Gasteiger partial charge in [-0.1, -0.05) is 77.9 Å². The maximum atomic E-state index is 13.5. The number of aromatic amines is 1. The first kappa shape index (κ1) is 39.9. The van der Waals surface area contributed by atoms with E-state index in [1.54, 1.807) is 16.7 Å². The predicted octanol–water partition coefficient (Wildman–Crippen LogP) is 4.52. The number of hydrogen-bond acceptors (Lipinski definition) is 6. The maximum absolute atomic E-state index is 13.5. The van der Waals surface area contributed by atoms with Crippen LogP contribution in [0.25, 0.3) is 16.7 Å². The van der Waals surface area contributed by atoms with E-state index in [1.807, 2.05) is 57.3 Å². The maximum Gasteiger partial charge on any atom is 0.407 e. The summed E-state index contributed by atoms with van der Waals surface area (Å²) < 4.78 is 42.0. The molecule has 52 heavy (non-hydrogen) atoms. The van der Waals surface area contributed by atoms with Crippen LogP contribution in [0.3, 0.4) is 0 Å². The Kier molecular flexibility index (Phi) is 12.4. The Labute approximate surface area is 302 Å². The third-order valence-corrected chi connectivity index (χ3v) is 8.70. The number of guanidine groups is 2. The summed E-state index contributed by atoms with van der Waals surface area (Å²) in [5, 5.41) is 14.2. The minimum Gasteiger partial charge on any atom is -0.370 e. The number of nitrogens with zero attached hydrogens (tertiary/aromatic N) is 4. The number of hydrogen-bond donors (Lipinski definition) is 7. The van der Waals surface area contributed by atoms with E-state index in [0.717, 1.165) is 47.4 Å². The molecule has 1 unspecified atom stereocenters. The monoisotopic (exact) mass is 723 g/mol. The molecule has 10 N–H and O–H groups in total. The van der Waals surface area contributed by atoms with Gasteiger partial charge in [0.05, 0.1) is 5.69 Å². The highest BCUT2D eigenvalue weighted by Gasteiger charge is 2.44. The molecule has 15 heteroatoms. The number of aromatic nitrogens is 3. The average molecular weight is 724 g/mol. The minimum absolute atomic E-state index is 0.0352. The molecule has 1 aliphatic heterocycles. The Hall–Kier alpha value is -4.89. The molecule has 3 heterocycles. The number of likely N-dealkylation sites (tertiary alicyclic amines) is 1. The molecule has 1 aliphatic rings. The van der Waals surface area contributed by atoms with Crippen molar-refractivity contribution < 1.29 is 13.2 Å². The number of nitrogens with two attached hydrogens (primary N) is 3. The van der Waals surface area contributed by atoms with Crippen molar-refractivity contribution >= 4 is 23.0 Å². The molecule has 0 radical (unpaired) electrons. The average Bonchev–Trinajstić information content (AvgIpc) is 3.45. The van der Waals surface area contributed by atoms with Gasteiger partial charge in [0.25, 0.3) is 0 Å². The first-order chi connectivity index (χ1) is 24.2. The Morgan fingerprint density at radius 2 is 1.69 bits per heavy atom. The number of fused-ring (bicyclic) bond motifs is 1. The minimum atomic E-state index is -4.38. The molecule has 1 fully saturated rings. The van der Waals surface area contributed by atoms with Crippen molar-refractivity contribution in [3.05, 3.63) is 93.7 Å². The second kappa shape index (κ2) is 16.2. The summed E-state index contributed by atoms with van der Waals surface area (Å²) in [6.45, 7) is 15.1. The van der Waals surface area contributed by atoms with Gasteiger partial charge >= 0.3 is 11.9 Å². The molecule has 12 nitrogen and oxygen atoms in total. The number of nitrogens with one attached hydrogen (secondary N) is 4. The Morgan fingerprint density at radius 3 is 2.27 bits per heavy atom. The third-order valence-electron chi connectivity index (χ3n) is 8.70. The van der Waals surface area contributed by atoms with Crippen molar-refractivity contribution in [1.82, 2.24) is 30.1 Å². The highest BCUT2D eigenvalue weighted by atomic mass is 19.4. The van der Waals surface area contributed by atoms with Crippen molar-refractivity contribution in [2.75, 3.05) is 26.2 Å². The molecule has 5 rings (SSSR count). The molecule has 0 amide bonds. The molecule has 0 spiro atoms.